The molecule has 0 saturated carbocycles. The molecule has 2 aliphatic heterocycles. The van der Waals surface area contributed by atoms with Gasteiger partial charge in [0.1, 0.15) is 35.9 Å². The van der Waals surface area contributed by atoms with Crippen LogP contribution in [0.4, 0.5) is 16.4 Å². The van der Waals surface area contributed by atoms with Gasteiger partial charge in [-0.15, -0.1) is 0 Å². The zero-order chi connectivity index (χ0) is 33.1. The Balaban J connectivity index is 1.32. The molecule has 2 atom stereocenters. The van der Waals surface area contributed by atoms with Crippen molar-refractivity contribution in [2.24, 2.45) is 0 Å². The molecule has 1 saturated heterocycles. The van der Waals surface area contributed by atoms with Crippen LogP contribution in [0.1, 0.15) is 52.3 Å². The number of aromatic nitrogens is 4. The van der Waals surface area contributed by atoms with Crippen LogP contribution in [-0.2, 0) is 27.5 Å². The maximum atomic E-state index is 12.9. The Bertz CT molecular complexity index is 1530. The molecular weight excluding hydrogens is 599 g/mol. The summed E-state index contributed by atoms with van der Waals surface area (Å²) >= 11 is 0. The van der Waals surface area contributed by atoms with Gasteiger partial charge in [0.05, 0.1) is 42.9 Å². The second-order valence-corrected chi connectivity index (χ2v) is 20.3. The first-order chi connectivity index (χ1) is 21.8. The van der Waals surface area contributed by atoms with E-state index in [1.807, 2.05) is 43.9 Å². The molecule has 46 heavy (non-hydrogen) atoms. The molecule has 0 spiro atoms. The summed E-state index contributed by atoms with van der Waals surface area (Å²) in [6, 6.07) is 7.19. The average Bonchev–Trinajstić information content (AvgIpc) is 3.36. The Morgan fingerprint density at radius 3 is 2.57 bits per heavy atom. The molecule has 3 aromatic rings. The van der Waals surface area contributed by atoms with E-state index in [2.05, 4.69) is 65.5 Å². The van der Waals surface area contributed by atoms with Crippen molar-refractivity contribution in [1.82, 2.24) is 24.4 Å². The summed E-state index contributed by atoms with van der Waals surface area (Å²) in [5, 5.41) is 4.55. The van der Waals surface area contributed by atoms with Crippen LogP contribution in [0, 0.1) is 0 Å². The second-order valence-electron chi connectivity index (χ2n) is 14.7. The molecule has 1 fully saturated rings. The van der Waals surface area contributed by atoms with E-state index in [9.17, 15) is 4.79 Å². The van der Waals surface area contributed by atoms with Crippen LogP contribution in [-0.4, -0.2) is 89.2 Å². The van der Waals surface area contributed by atoms with Gasteiger partial charge in [-0.05, 0) is 64.8 Å². The van der Waals surface area contributed by atoms with Crippen LogP contribution in [0.25, 0.3) is 16.6 Å². The monoisotopic (exact) mass is 649 g/mol. The first kappa shape index (κ1) is 33.9. The highest BCUT2D eigenvalue weighted by Gasteiger charge is 2.36. The van der Waals surface area contributed by atoms with Crippen molar-refractivity contribution in [3.8, 4) is 0 Å². The third kappa shape index (κ3) is 8.45. The molecule has 0 aliphatic carbocycles. The predicted molar refractivity (Wildman–Crippen MR) is 186 cm³/mol. The predicted octanol–water partition coefficient (Wildman–Crippen LogP) is 6.39. The third-order valence-electron chi connectivity index (χ3n) is 8.27. The van der Waals surface area contributed by atoms with Gasteiger partial charge in [0, 0.05) is 39.5 Å². The number of nitrogens with zero attached hydrogens (tertiary/aromatic N) is 6. The average molecular weight is 650 g/mol. The minimum Gasteiger partial charge on any atom is -0.444 e. The summed E-state index contributed by atoms with van der Waals surface area (Å²) in [6.45, 7) is 21.3. The first-order valence-electron chi connectivity index (χ1n) is 16.4. The minimum absolute atomic E-state index is 0.0158. The summed E-state index contributed by atoms with van der Waals surface area (Å²) in [4.78, 5) is 31.4. The van der Waals surface area contributed by atoms with E-state index in [-0.39, 0.29) is 18.2 Å². The maximum Gasteiger partial charge on any atom is 0.410 e. The van der Waals surface area contributed by atoms with Crippen LogP contribution in [0.15, 0.2) is 36.8 Å². The van der Waals surface area contributed by atoms with Crippen molar-refractivity contribution in [1.29, 1.82) is 0 Å². The SMILES string of the molecule is C[C@@H]1CN(c2cccc(CNc3ncnc4c3c(C3=CCOCC3)cn4COCC[Si](C)(C)C)n2)C[C@H](C)N1C(=O)OC(C)(C)C. The summed E-state index contributed by atoms with van der Waals surface area (Å²) in [6.07, 6.45) is 6.49. The third-order valence-corrected chi connectivity index (χ3v) is 9.97. The lowest BCUT2D eigenvalue weighted by Crippen LogP contribution is -2.59. The van der Waals surface area contributed by atoms with Gasteiger partial charge in [-0.3, -0.25) is 4.90 Å². The number of hydrogen-bond acceptors (Lipinski definition) is 9. The van der Waals surface area contributed by atoms with Gasteiger partial charge in [0.15, 0.2) is 0 Å². The molecule has 11 nitrogen and oxygen atoms in total. The lowest BCUT2D eigenvalue weighted by atomic mass is 10.0. The molecule has 0 radical (unpaired) electrons. The van der Waals surface area contributed by atoms with E-state index < -0.39 is 13.7 Å². The van der Waals surface area contributed by atoms with Gasteiger partial charge < -0.3 is 29.0 Å². The van der Waals surface area contributed by atoms with Gasteiger partial charge in [0.25, 0.3) is 0 Å². The van der Waals surface area contributed by atoms with Crippen molar-refractivity contribution in [2.45, 2.75) is 97.7 Å². The van der Waals surface area contributed by atoms with Gasteiger partial charge in [-0.1, -0.05) is 31.8 Å². The molecule has 5 rings (SSSR count). The molecule has 1 N–H and O–H groups in total. The number of anilines is 2. The van der Waals surface area contributed by atoms with Gasteiger partial charge in [-0.25, -0.2) is 19.7 Å². The van der Waals surface area contributed by atoms with Crippen LogP contribution >= 0.6 is 0 Å². The quantitative estimate of drug-likeness (QED) is 0.198. The fourth-order valence-electron chi connectivity index (χ4n) is 6.01. The van der Waals surface area contributed by atoms with Gasteiger partial charge in [0.2, 0.25) is 0 Å². The van der Waals surface area contributed by atoms with Crippen LogP contribution in [0.5, 0.6) is 0 Å². The maximum absolute atomic E-state index is 12.9. The fourth-order valence-corrected chi connectivity index (χ4v) is 6.77. The Kier molecular flexibility index (Phi) is 10.4. The van der Waals surface area contributed by atoms with Crippen LogP contribution in [0.2, 0.25) is 25.7 Å². The topological polar surface area (TPSA) is 107 Å². The van der Waals surface area contributed by atoms with Crippen molar-refractivity contribution in [3.63, 3.8) is 0 Å². The summed E-state index contributed by atoms with van der Waals surface area (Å²) in [5.74, 6) is 1.66. The number of ether oxygens (including phenoxy) is 3. The molecule has 250 valence electrons. The lowest BCUT2D eigenvalue weighted by Gasteiger charge is -2.45. The highest BCUT2D eigenvalue weighted by atomic mass is 28.3. The Hall–Kier alpha value is -3.48. The van der Waals surface area contributed by atoms with Gasteiger partial charge >= 0.3 is 6.09 Å². The van der Waals surface area contributed by atoms with Crippen molar-refractivity contribution in [2.75, 3.05) is 43.1 Å². The number of hydrogen-bond donors (Lipinski definition) is 1. The smallest absolute Gasteiger partial charge is 0.410 e. The highest BCUT2D eigenvalue weighted by molar-refractivity contribution is 6.76. The van der Waals surface area contributed by atoms with E-state index in [4.69, 9.17) is 24.2 Å². The number of carbonyl (C=O) groups is 1. The number of amides is 1. The number of rotatable bonds is 10. The lowest BCUT2D eigenvalue weighted by molar-refractivity contribution is 0.00559. The summed E-state index contributed by atoms with van der Waals surface area (Å²) in [5.41, 5.74) is 3.57. The molecular formula is C34H51N7O4Si. The first-order valence-corrected chi connectivity index (χ1v) is 20.1. The Morgan fingerprint density at radius 2 is 1.89 bits per heavy atom. The molecule has 1 amide bonds. The van der Waals surface area contributed by atoms with Crippen molar-refractivity contribution >= 4 is 42.4 Å². The van der Waals surface area contributed by atoms with Gasteiger partial charge in [-0.2, -0.15) is 0 Å². The minimum atomic E-state index is -1.18. The standard InChI is InChI=1S/C34H51N7O4Si/c1-24-19-39(20-25(2)41(24)33(42)45-34(3,4)5)29-11-9-10-27(38-29)18-35-31-30-28(26-12-14-43-15-13-26)21-40(32(30)37-22-36-31)23-44-16-17-46(6,7)8/h9-12,21-22,24-25H,13-20,23H2,1-8H3,(H,35,36,37)/t24-,25+. The normalized spacial score (nSPS) is 19.3. The second kappa shape index (κ2) is 14.1. The zero-order valence-electron chi connectivity index (χ0n) is 28.8. The molecule has 2 aliphatic rings. The van der Waals surface area contributed by atoms with E-state index >= 15 is 0 Å². The molecule has 0 unspecified atom stereocenters. The molecule has 0 bridgehead atoms. The number of fused-ring (bicyclic) bond motifs is 1. The summed E-state index contributed by atoms with van der Waals surface area (Å²) in [7, 11) is -1.18. The van der Waals surface area contributed by atoms with E-state index in [1.54, 1.807) is 6.33 Å². The Morgan fingerprint density at radius 1 is 1.13 bits per heavy atom. The molecule has 0 aromatic carbocycles. The molecule has 3 aromatic heterocycles. The highest BCUT2D eigenvalue weighted by Crippen LogP contribution is 2.34. The number of piperazine rings is 1. The molecule has 5 heterocycles. The number of nitrogens with one attached hydrogen (secondary N) is 1. The van der Waals surface area contributed by atoms with E-state index in [0.29, 0.717) is 39.6 Å². The van der Waals surface area contributed by atoms with Crippen LogP contribution in [0.3, 0.4) is 0 Å². The Labute approximate surface area is 274 Å². The zero-order valence-corrected chi connectivity index (χ0v) is 29.8. The van der Waals surface area contributed by atoms with Crippen molar-refractivity contribution < 1.29 is 19.0 Å². The van der Waals surface area contributed by atoms with Crippen molar-refractivity contribution in [3.05, 3.63) is 48.1 Å². The van der Waals surface area contributed by atoms with E-state index in [0.717, 1.165) is 53.0 Å². The number of pyridine rings is 1. The van der Waals surface area contributed by atoms with E-state index in [1.165, 1.54) is 5.57 Å². The van der Waals surface area contributed by atoms with Crippen LogP contribution < -0.4 is 10.2 Å². The summed E-state index contributed by atoms with van der Waals surface area (Å²) < 4.78 is 19.5. The molecule has 12 heteroatoms. The largest absolute Gasteiger partial charge is 0.444 e. The number of carbonyl (C=O) groups excluding carboxylic acids is 1. The fraction of sp³-hybridized carbons (Fsp3) is 0.588.